The van der Waals surface area contributed by atoms with Crippen molar-refractivity contribution in [1.82, 2.24) is 9.97 Å². The molecule has 1 N–H and O–H groups in total. The first-order chi connectivity index (χ1) is 8.95. The van der Waals surface area contributed by atoms with E-state index < -0.39 is 5.97 Å². The van der Waals surface area contributed by atoms with Crippen LogP contribution in [-0.2, 0) is 0 Å². The minimum atomic E-state index is -1.05. The van der Waals surface area contributed by atoms with E-state index in [1.54, 1.807) is 6.92 Å². The molecule has 0 radical (unpaired) electrons. The molecule has 5 nitrogen and oxygen atoms in total. The summed E-state index contributed by atoms with van der Waals surface area (Å²) in [5.74, 6) is 0.274. The van der Waals surface area contributed by atoms with Gasteiger partial charge in [0.25, 0.3) is 0 Å². The third-order valence-electron chi connectivity index (χ3n) is 3.87. The Hall–Kier alpha value is -1.65. The second kappa shape index (κ2) is 5.55. The van der Waals surface area contributed by atoms with E-state index in [4.69, 9.17) is 9.84 Å². The molecule has 0 amide bonds. The predicted octanol–water partition coefficient (Wildman–Crippen LogP) is 2.69. The van der Waals surface area contributed by atoms with Crippen molar-refractivity contribution in [1.29, 1.82) is 0 Å². The second-order valence-electron chi connectivity index (χ2n) is 5.49. The topological polar surface area (TPSA) is 72.3 Å². The van der Waals surface area contributed by atoms with Crippen LogP contribution in [0.5, 0.6) is 6.01 Å². The van der Waals surface area contributed by atoms with Crippen molar-refractivity contribution >= 4 is 5.97 Å². The number of hydrogen-bond acceptors (Lipinski definition) is 4. The summed E-state index contributed by atoms with van der Waals surface area (Å²) >= 11 is 0. The standard InChI is InChI=1S/C14H20N2O3/c1-8-4-5-11(6-9(8)2)19-14-15-10(3)7-12(16-14)13(17)18/h7-9,11H,4-6H2,1-3H3,(H,17,18). The highest BCUT2D eigenvalue weighted by Gasteiger charge is 2.26. The van der Waals surface area contributed by atoms with Gasteiger partial charge in [-0.2, -0.15) is 4.98 Å². The van der Waals surface area contributed by atoms with Crippen molar-refractivity contribution in [2.45, 2.75) is 46.1 Å². The van der Waals surface area contributed by atoms with Gasteiger partial charge in [-0.15, -0.1) is 0 Å². The normalized spacial score (nSPS) is 27.0. The van der Waals surface area contributed by atoms with Crippen molar-refractivity contribution in [3.63, 3.8) is 0 Å². The first kappa shape index (κ1) is 13.8. The number of aromatic nitrogens is 2. The van der Waals surface area contributed by atoms with Crippen molar-refractivity contribution < 1.29 is 14.6 Å². The van der Waals surface area contributed by atoms with E-state index in [9.17, 15) is 4.79 Å². The molecule has 0 aromatic carbocycles. The van der Waals surface area contributed by atoms with Gasteiger partial charge in [0.05, 0.1) is 0 Å². The summed E-state index contributed by atoms with van der Waals surface area (Å²) in [7, 11) is 0. The van der Waals surface area contributed by atoms with Crippen LogP contribution in [0.15, 0.2) is 6.07 Å². The Morgan fingerprint density at radius 1 is 1.32 bits per heavy atom. The highest BCUT2D eigenvalue weighted by atomic mass is 16.5. The van der Waals surface area contributed by atoms with Crippen LogP contribution in [0.4, 0.5) is 0 Å². The third-order valence-corrected chi connectivity index (χ3v) is 3.87. The van der Waals surface area contributed by atoms with E-state index in [0.29, 0.717) is 17.5 Å². The first-order valence-corrected chi connectivity index (χ1v) is 6.71. The van der Waals surface area contributed by atoms with E-state index in [-0.39, 0.29) is 17.8 Å². The van der Waals surface area contributed by atoms with E-state index in [1.807, 2.05) is 0 Å². The lowest BCUT2D eigenvalue weighted by Gasteiger charge is -2.31. The Bertz CT molecular complexity index is 476. The zero-order valence-corrected chi connectivity index (χ0v) is 11.6. The predicted molar refractivity (Wildman–Crippen MR) is 70.3 cm³/mol. The van der Waals surface area contributed by atoms with Gasteiger partial charge in [-0.25, -0.2) is 9.78 Å². The molecule has 104 valence electrons. The molecule has 3 unspecified atom stereocenters. The Morgan fingerprint density at radius 3 is 2.68 bits per heavy atom. The van der Waals surface area contributed by atoms with Gasteiger partial charge in [-0.3, -0.25) is 0 Å². The average Bonchev–Trinajstić information content (AvgIpc) is 2.33. The summed E-state index contributed by atoms with van der Waals surface area (Å²) in [5.41, 5.74) is 0.597. The number of carboxylic acids is 1. The van der Waals surface area contributed by atoms with Crippen molar-refractivity contribution in [2.24, 2.45) is 11.8 Å². The van der Waals surface area contributed by atoms with Crippen LogP contribution >= 0.6 is 0 Å². The van der Waals surface area contributed by atoms with E-state index in [1.165, 1.54) is 6.07 Å². The molecule has 1 aromatic rings. The summed E-state index contributed by atoms with van der Waals surface area (Å²) in [5, 5.41) is 8.97. The number of nitrogens with zero attached hydrogens (tertiary/aromatic N) is 2. The molecule has 1 aliphatic rings. The van der Waals surface area contributed by atoms with Crippen LogP contribution in [0, 0.1) is 18.8 Å². The molecule has 3 atom stereocenters. The molecule has 0 aliphatic heterocycles. The minimum Gasteiger partial charge on any atom is -0.477 e. The van der Waals surface area contributed by atoms with Gasteiger partial charge in [0.15, 0.2) is 5.69 Å². The Morgan fingerprint density at radius 2 is 2.05 bits per heavy atom. The number of aromatic carboxylic acids is 1. The van der Waals surface area contributed by atoms with Crippen molar-refractivity contribution in [3.8, 4) is 6.01 Å². The lowest BCUT2D eigenvalue weighted by atomic mass is 9.80. The van der Waals surface area contributed by atoms with Crippen molar-refractivity contribution in [3.05, 3.63) is 17.5 Å². The van der Waals surface area contributed by atoms with Crippen LogP contribution < -0.4 is 4.74 Å². The molecule has 1 aromatic heterocycles. The quantitative estimate of drug-likeness (QED) is 0.908. The Labute approximate surface area is 113 Å². The van der Waals surface area contributed by atoms with E-state index in [0.717, 1.165) is 19.3 Å². The van der Waals surface area contributed by atoms with Crippen LogP contribution in [0.1, 0.15) is 49.3 Å². The maximum absolute atomic E-state index is 10.9. The molecule has 2 rings (SSSR count). The molecule has 5 heteroatoms. The molecular weight excluding hydrogens is 244 g/mol. The fourth-order valence-corrected chi connectivity index (χ4v) is 2.46. The lowest BCUT2D eigenvalue weighted by Crippen LogP contribution is -2.29. The molecule has 0 saturated heterocycles. The number of hydrogen-bond donors (Lipinski definition) is 1. The number of rotatable bonds is 3. The zero-order valence-electron chi connectivity index (χ0n) is 11.6. The van der Waals surface area contributed by atoms with Gasteiger partial charge in [0, 0.05) is 5.69 Å². The van der Waals surface area contributed by atoms with Gasteiger partial charge in [-0.1, -0.05) is 13.8 Å². The minimum absolute atomic E-state index is 0.0141. The van der Waals surface area contributed by atoms with Crippen LogP contribution in [0.3, 0.4) is 0 Å². The maximum atomic E-state index is 10.9. The van der Waals surface area contributed by atoms with Crippen molar-refractivity contribution in [2.75, 3.05) is 0 Å². The van der Waals surface area contributed by atoms with Gasteiger partial charge in [0.1, 0.15) is 6.10 Å². The highest BCUT2D eigenvalue weighted by Crippen LogP contribution is 2.31. The van der Waals surface area contributed by atoms with Crippen LogP contribution in [0.25, 0.3) is 0 Å². The third kappa shape index (κ3) is 3.43. The fraction of sp³-hybridized carbons (Fsp3) is 0.643. The Kier molecular flexibility index (Phi) is 4.02. The average molecular weight is 264 g/mol. The van der Waals surface area contributed by atoms with Gasteiger partial charge in [-0.05, 0) is 44.1 Å². The summed E-state index contributed by atoms with van der Waals surface area (Å²) in [4.78, 5) is 19.0. The Balaban J connectivity index is 2.09. The van der Waals surface area contributed by atoms with E-state index in [2.05, 4.69) is 23.8 Å². The lowest BCUT2D eigenvalue weighted by molar-refractivity contribution is 0.0680. The first-order valence-electron chi connectivity index (χ1n) is 6.71. The molecule has 0 spiro atoms. The van der Waals surface area contributed by atoms with E-state index >= 15 is 0 Å². The molecule has 1 aliphatic carbocycles. The largest absolute Gasteiger partial charge is 0.477 e. The maximum Gasteiger partial charge on any atom is 0.354 e. The molecule has 0 bridgehead atoms. The number of carbonyl (C=O) groups is 1. The molecular formula is C14H20N2O3. The monoisotopic (exact) mass is 264 g/mol. The molecule has 1 heterocycles. The van der Waals surface area contributed by atoms with Crippen LogP contribution in [0.2, 0.25) is 0 Å². The second-order valence-corrected chi connectivity index (χ2v) is 5.49. The summed E-state index contributed by atoms with van der Waals surface area (Å²) < 4.78 is 5.76. The summed E-state index contributed by atoms with van der Waals surface area (Å²) in [6.45, 7) is 6.22. The van der Waals surface area contributed by atoms with Gasteiger partial charge in [0.2, 0.25) is 0 Å². The number of aryl methyl sites for hydroxylation is 1. The summed E-state index contributed by atoms with van der Waals surface area (Å²) in [6.07, 6.45) is 3.17. The molecule has 19 heavy (non-hydrogen) atoms. The van der Waals surface area contributed by atoms with Crippen LogP contribution in [-0.4, -0.2) is 27.1 Å². The fourth-order valence-electron chi connectivity index (χ4n) is 2.46. The molecule has 1 saturated carbocycles. The smallest absolute Gasteiger partial charge is 0.354 e. The SMILES string of the molecule is Cc1cc(C(=O)O)nc(OC2CCC(C)C(C)C2)n1. The zero-order chi connectivity index (χ0) is 14.0. The number of ether oxygens (including phenoxy) is 1. The number of carboxylic acid groups (broad SMARTS) is 1. The summed E-state index contributed by atoms with van der Waals surface area (Å²) in [6, 6.07) is 1.63. The molecule has 1 fully saturated rings. The van der Waals surface area contributed by atoms with Gasteiger partial charge < -0.3 is 9.84 Å². The van der Waals surface area contributed by atoms with Gasteiger partial charge >= 0.3 is 12.0 Å². The highest BCUT2D eigenvalue weighted by molar-refractivity contribution is 5.85.